The number of nitrogens with one attached hydrogen (secondary N) is 1. The van der Waals surface area contributed by atoms with E-state index in [4.69, 9.17) is 0 Å². The molecule has 0 bridgehead atoms. The summed E-state index contributed by atoms with van der Waals surface area (Å²) in [5.74, 6) is 0. The fourth-order valence-electron chi connectivity index (χ4n) is 2.94. The second-order valence-corrected chi connectivity index (χ2v) is 5.62. The van der Waals surface area contributed by atoms with Gasteiger partial charge >= 0.3 is 0 Å². The summed E-state index contributed by atoms with van der Waals surface area (Å²) >= 11 is 0. The van der Waals surface area contributed by atoms with Gasteiger partial charge in [0.15, 0.2) is 0 Å². The Morgan fingerprint density at radius 2 is 2.26 bits per heavy atom. The molecule has 1 aliphatic heterocycles. The highest BCUT2D eigenvalue weighted by molar-refractivity contribution is 5.08. The Morgan fingerprint density at radius 3 is 2.95 bits per heavy atom. The van der Waals surface area contributed by atoms with Gasteiger partial charge in [0.05, 0.1) is 0 Å². The third kappa shape index (κ3) is 4.59. The number of pyridine rings is 1. The highest BCUT2D eigenvalue weighted by Gasteiger charge is 2.21. The number of hydrogen-bond acceptors (Lipinski definition) is 3. The van der Waals surface area contributed by atoms with Gasteiger partial charge in [0.1, 0.15) is 0 Å². The van der Waals surface area contributed by atoms with Crippen LogP contribution in [0.15, 0.2) is 24.5 Å². The van der Waals surface area contributed by atoms with E-state index in [0.29, 0.717) is 12.1 Å². The normalized spacial score (nSPS) is 20.9. The largest absolute Gasteiger partial charge is 0.310 e. The van der Waals surface area contributed by atoms with Gasteiger partial charge in [-0.05, 0) is 43.9 Å². The first-order chi connectivity index (χ1) is 9.31. The zero-order valence-corrected chi connectivity index (χ0v) is 12.3. The zero-order valence-electron chi connectivity index (χ0n) is 12.3. The third-order valence-electron chi connectivity index (χ3n) is 4.09. The molecule has 1 atom stereocenters. The van der Waals surface area contributed by atoms with Gasteiger partial charge in [0, 0.05) is 37.6 Å². The molecule has 0 aromatic carbocycles. The molecule has 1 aliphatic rings. The molecule has 3 nitrogen and oxygen atoms in total. The maximum Gasteiger partial charge on any atom is 0.0312 e. The molecule has 1 aromatic heterocycles. The second kappa shape index (κ2) is 7.61. The van der Waals surface area contributed by atoms with Crippen molar-refractivity contribution in [1.82, 2.24) is 15.2 Å². The maximum atomic E-state index is 4.20. The number of aromatic nitrogens is 1. The molecule has 19 heavy (non-hydrogen) atoms. The van der Waals surface area contributed by atoms with Crippen molar-refractivity contribution in [2.24, 2.45) is 0 Å². The standard InChI is InChI=1S/C16H27N3/c1-3-15(4-2)18-16-8-6-10-19(13-16)12-14-7-5-9-17-11-14/h5,7,9,11,15-16,18H,3-4,6,8,10,12-13H2,1-2H3/t16-/m0/s1. The fraction of sp³-hybridized carbons (Fsp3) is 0.688. The van der Waals surface area contributed by atoms with E-state index in [1.807, 2.05) is 18.5 Å². The van der Waals surface area contributed by atoms with E-state index in [-0.39, 0.29) is 0 Å². The van der Waals surface area contributed by atoms with Gasteiger partial charge < -0.3 is 5.32 Å². The van der Waals surface area contributed by atoms with Gasteiger partial charge in [0.2, 0.25) is 0 Å². The van der Waals surface area contributed by atoms with Crippen LogP contribution in [0.4, 0.5) is 0 Å². The summed E-state index contributed by atoms with van der Waals surface area (Å²) in [6, 6.07) is 5.54. The van der Waals surface area contributed by atoms with Crippen LogP contribution in [0.3, 0.4) is 0 Å². The number of piperidine rings is 1. The topological polar surface area (TPSA) is 28.2 Å². The van der Waals surface area contributed by atoms with E-state index in [1.165, 1.54) is 44.3 Å². The van der Waals surface area contributed by atoms with E-state index >= 15 is 0 Å². The minimum absolute atomic E-state index is 0.662. The highest BCUT2D eigenvalue weighted by Crippen LogP contribution is 2.14. The lowest BCUT2D eigenvalue weighted by atomic mass is 10.0. The summed E-state index contributed by atoms with van der Waals surface area (Å²) in [5.41, 5.74) is 1.32. The van der Waals surface area contributed by atoms with Crippen LogP contribution in [0.5, 0.6) is 0 Å². The van der Waals surface area contributed by atoms with Crippen LogP contribution in [0.2, 0.25) is 0 Å². The summed E-state index contributed by atoms with van der Waals surface area (Å²) in [6.45, 7) is 7.98. The van der Waals surface area contributed by atoms with E-state index < -0.39 is 0 Å². The molecule has 3 heteroatoms. The van der Waals surface area contributed by atoms with Crippen molar-refractivity contribution in [1.29, 1.82) is 0 Å². The minimum atomic E-state index is 0.662. The Morgan fingerprint density at radius 1 is 1.42 bits per heavy atom. The van der Waals surface area contributed by atoms with Gasteiger partial charge in [-0.15, -0.1) is 0 Å². The Labute approximate surface area is 117 Å². The minimum Gasteiger partial charge on any atom is -0.310 e. The lowest BCUT2D eigenvalue weighted by Gasteiger charge is -2.35. The molecule has 1 N–H and O–H groups in total. The summed E-state index contributed by atoms with van der Waals surface area (Å²) in [5, 5.41) is 3.81. The van der Waals surface area contributed by atoms with Crippen molar-refractivity contribution in [3.63, 3.8) is 0 Å². The van der Waals surface area contributed by atoms with Crippen LogP contribution in [-0.4, -0.2) is 35.1 Å². The molecule has 0 aliphatic carbocycles. The molecule has 1 aromatic rings. The molecule has 0 unspecified atom stereocenters. The first kappa shape index (κ1) is 14.5. The van der Waals surface area contributed by atoms with Crippen molar-refractivity contribution in [2.75, 3.05) is 13.1 Å². The summed E-state index contributed by atoms with van der Waals surface area (Å²) in [7, 11) is 0. The SMILES string of the molecule is CCC(CC)N[C@H]1CCCN(Cc2cccnc2)C1. The quantitative estimate of drug-likeness (QED) is 0.853. The van der Waals surface area contributed by atoms with Crippen molar-refractivity contribution in [3.8, 4) is 0 Å². The van der Waals surface area contributed by atoms with Gasteiger partial charge in [-0.25, -0.2) is 0 Å². The first-order valence-electron chi connectivity index (χ1n) is 7.69. The highest BCUT2D eigenvalue weighted by atomic mass is 15.2. The predicted molar refractivity (Wildman–Crippen MR) is 80.0 cm³/mol. The van der Waals surface area contributed by atoms with Gasteiger partial charge in [0.25, 0.3) is 0 Å². The number of rotatable bonds is 6. The Hall–Kier alpha value is -0.930. The predicted octanol–water partition coefficient (Wildman–Crippen LogP) is 2.82. The van der Waals surface area contributed by atoms with E-state index in [9.17, 15) is 0 Å². The number of likely N-dealkylation sites (tertiary alicyclic amines) is 1. The van der Waals surface area contributed by atoms with Crippen molar-refractivity contribution in [2.45, 2.75) is 58.2 Å². The Bertz CT molecular complexity index is 348. The average Bonchev–Trinajstić information content (AvgIpc) is 2.46. The summed E-state index contributed by atoms with van der Waals surface area (Å²) in [6.07, 6.45) is 8.92. The van der Waals surface area contributed by atoms with E-state index in [1.54, 1.807) is 0 Å². The molecule has 1 saturated heterocycles. The van der Waals surface area contributed by atoms with Gasteiger partial charge in [-0.2, -0.15) is 0 Å². The monoisotopic (exact) mass is 261 g/mol. The molecule has 2 heterocycles. The van der Waals surface area contributed by atoms with Crippen LogP contribution >= 0.6 is 0 Å². The number of hydrogen-bond donors (Lipinski definition) is 1. The zero-order chi connectivity index (χ0) is 13.5. The molecule has 2 rings (SSSR count). The van der Waals surface area contributed by atoms with E-state index in [0.717, 1.165) is 6.54 Å². The lowest BCUT2D eigenvalue weighted by Crippen LogP contribution is -2.48. The van der Waals surface area contributed by atoms with Crippen LogP contribution in [0.1, 0.15) is 45.1 Å². The first-order valence-corrected chi connectivity index (χ1v) is 7.69. The maximum absolute atomic E-state index is 4.20. The Balaban J connectivity index is 1.83. The molecular weight excluding hydrogens is 234 g/mol. The molecule has 0 saturated carbocycles. The molecule has 106 valence electrons. The fourth-order valence-corrected chi connectivity index (χ4v) is 2.94. The van der Waals surface area contributed by atoms with Crippen LogP contribution in [-0.2, 0) is 6.54 Å². The van der Waals surface area contributed by atoms with Crippen LogP contribution in [0, 0.1) is 0 Å². The lowest BCUT2D eigenvalue weighted by molar-refractivity contribution is 0.174. The van der Waals surface area contributed by atoms with Crippen LogP contribution in [0.25, 0.3) is 0 Å². The second-order valence-electron chi connectivity index (χ2n) is 5.62. The third-order valence-corrected chi connectivity index (χ3v) is 4.09. The number of nitrogens with zero attached hydrogens (tertiary/aromatic N) is 2. The summed E-state index contributed by atoms with van der Waals surface area (Å²) in [4.78, 5) is 6.76. The summed E-state index contributed by atoms with van der Waals surface area (Å²) < 4.78 is 0. The smallest absolute Gasteiger partial charge is 0.0312 e. The molecule has 0 amide bonds. The van der Waals surface area contributed by atoms with E-state index in [2.05, 4.69) is 35.1 Å². The Kier molecular flexibility index (Phi) is 5.80. The van der Waals surface area contributed by atoms with Crippen molar-refractivity contribution >= 4 is 0 Å². The average molecular weight is 261 g/mol. The van der Waals surface area contributed by atoms with Crippen LogP contribution < -0.4 is 5.32 Å². The molecular formula is C16H27N3. The molecule has 0 radical (unpaired) electrons. The molecule has 1 fully saturated rings. The molecule has 0 spiro atoms. The van der Waals surface area contributed by atoms with Crippen molar-refractivity contribution in [3.05, 3.63) is 30.1 Å². The van der Waals surface area contributed by atoms with Gasteiger partial charge in [-0.3, -0.25) is 9.88 Å². The van der Waals surface area contributed by atoms with Crippen molar-refractivity contribution < 1.29 is 0 Å². The van der Waals surface area contributed by atoms with Gasteiger partial charge in [-0.1, -0.05) is 19.9 Å².